The minimum atomic E-state index is 0.392. The molecule has 2 heteroatoms. The van der Waals surface area contributed by atoms with E-state index < -0.39 is 0 Å². The number of unbranched alkanes of at least 4 members (excludes halogenated alkanes) is 2. The van der Waals surface area contributed by atoms with Gasteiger partial charge in [-0.3, -0.25) is 9.59 Å². The predicted molar refractivity (Wildman–Crippen MR) is 78.8 cm³/mol. The molecule has 0 aliphatic rings. The molecule has 18 heavy (non-hydrogen) atoms. The third kappa shape index (κ3) is 17.7. The molecule has 0 atom stereocenters. The number of Topliss-reactive ketones (excluding diaryl/α,β-unsaturated/α-hetero) is 2. The minimum Gasteiger partial charge on any atom is -0.300 e. The lowest BCUT2D eigenvalue weighted by molar-refractivity contribution is -0.119. The smallest absolute Gasteiger partial charge is 0.132 e. The van der Waals surface area contributed by atoms with E-state index in [1.807, 2.05) is 13.8 Å². The van der Waals surface area contributed by atoms with Crippen LogP contribution in [0.3, 0.4) is 0 Å². The number of carbonyl (C=O) groups excluding carboxylic acids is 2. The van der Waals surface area contributed by atoms with Crippen LogP contribution in [-0.2, 0) is 9.59 Å². The average Bonchev–Trinajstić information content (AvgIpc) is 2.36. The zero-order valence-corrected chi connectivity index (χ0v) is 13.1. The highest BCUT2D eigenvalue weighted by Gasteiger charge is 1.99. The predicted octanol–water partition coefficient (Wildman–Crippen LogP) is 4.95. The first-order chi connectivity index (χ1) is 8.47. The minimum absolute atomic E-state index is 0.392. The van der Waals surface area contributed by atoms with E-state index >= 15 is 0 Å². The van der Waals surface area contributed by atoms with Gasteiger partial charge in [-0.2, -0.15) is 0 Å². The molecule has 0 amide bonds. The Morgan fingerprint density at radius 1 is 0.833 bits per heavy atom. The first-order valence-electron chi connectivity index (χ1n) is 7.51. The molecular weight excluding hydrogens is 224 g/mol. The van der Waals surface area contributed by atoms with Crippen molar-refractivity contribution >= 4 is 11.6 Å². The molecule has 0 aromatic carbocycles. The first kappa shape index (κ1) is 19.7. The van der Waals surface area contributed by atoms with Crippen LogP contribution in [0, 0.1) is 5.92 Å². The van der Waals surface area contributed by atoms with Crippen LogP contribution in [0.1, 0.15) is 86.0 Å². The van der Waals surface area contributed by atoms with Crippen molar-refractivity contribution in [3.63, 3.8) is 0 Å². The molecule has 0 fully saturated rings. The summed E-state index contributed by atoms with van der Waals surface area (Å²) in [6.45, 7) is 10.3. The van der Waals surface area contributed by atoms with Crippen LogP contribution in [0.15, 0.2) is 0 Å². The average molecular weight is 256 g/mol. The van der Waals surface area contributed by atoms with Gasteiger partial charge in [0.1, 0.15) is 11.6 Å². The van der Waals surface area contributed by atoms with E-state index in [1.165, 1.54) is 12.8 Å². The third-order valence-corrected chi connectivity index (χ3v) is 2.85. The molecule has 0 saturated heterocycles. The fourth-order valence-corrected chi connectivity index (χ4v) is 1.38. The van der Waals surface area contributed by atoms with Crippen LogP contribution in [0.4, 0.5) is 0 Å². The summed E-state index contributed by atoms with van der Waals surface area (Å²) in [6, 6.07) is 0. The summed E-state index contributed by atoms with van der Waals surface area (Å²) in [4.78, 5) is 21.4. The van der Waals surface area contributed by atoms with Crippen molar-refractivity contribution in [3.8, 4) is 0 Å². The van der Waals surface area contributed by atoms with Crippen LogP contribution in [0.25, 0.3) is 0 Å². The van der Waals surface area contributed by atoms with E-state index in [2.05, 4.69) is 20.8 Å². The van der Waals surface area contributed by atoms with E-state index in [4.69, 9.17) is 0 Å². The van der Waals surface area contributed by atoms with Crippen molar-refractivity contribution in [2.75, 3.05) is 0 Å². The van der Waals surface area contributed by atoms with Crippen LogP contribution < -0.4 is 0 Å². The van der Waals surface area contributed by atoms with E-state index in [0.717, 1.165) is 25.7 Å². The summed E-state index contributed by atoms with van der Waals surface area (Å²) < 4.78 is 0. The van der Waals surface area contributed by atoms with Crippen molar-refractivity contribution in [3.05, 3.63) is 0 Å². The van der Waals surface area contributed by atoms with Crippen molar-refractivity contribution in [1.82, 2.24) is 0 Å². The fourth-order valence-electron chi connectivity index (χ4n) is 1.38. The van der Waals surface area contributed by atoms with Crippen molar-refractivity contribution < 1.29 is 9.59 Å². The molecular formula is C16H32O2. The lowest BCUT2D eigenvalue weighted by Gasteiger charge is -2.00. The Morgan fingerprint density at radius 3 is 1.72 bits per heavy atom. The molecule has 0 rings (SSSR count). The van der Waals surface area contributed by atoms with E-state index in [-0.39, 0.29) is 0 Å². The normalized spacial score (nSPS) is 9.89. The van der Waals surface area contributed by atoms with Crippen LogP contribution in [0.5, 0.6) is 0 Å². The number of rotatable bonds is 9. The van der Waals surface area contributed by atoms with Gasteiger partial charge in [-0.1, -0.05) is 47.5 Å². The lowest BCUT2D eigenvalue weighted by atomic mass is 10.1. The standard InChI is InChI=1S/2C8H16O/c1-4-8(9)6-5-7(2)3;1-3-5-6-7-8(9)4-2/h7H,4-6H2,1-3H3;3-7H2,1-2H3. The summed E-state index contributed by atoms with van der Waals surface area (Å²) >= 11 is 0. The lowest BCUT2D eigenvalue weighted by Crippen LogP contribution is -1.97. The molecule has 0 aliphatic heterocycles. The van der Waals surface area contributed by atoms with Crippen LogP contribution >= 0.6 is 0 Å². The van der Waals surface area contributed by atoms with E-state index in [1.54, 1.807) is 0 Å². The van der Waals surface area contributed by atoms with Crippen molar-refractivity contribution in [2.45, 2.75) is 86.0 Å². The number of carbonyl (C=O) groups is 2. The quantitative estimate of drug-likeness (QED) is 0.547. The Labute approximate surface area is 114 Å². The monoisotopic (exact) mass is 256 g/mol. The zero-order chi connectivity index (χ0) is 14.4. The molecule has 0 spiro atoms. The van der Waals surface area contributed by atoms with Gasteiger partial charge >= 0.3 is 0 Å². The van der Waals surface area contributed by atoms with Crippen molar-refractivity contribution in [2.24, 2.45) is 5.92 Å². The number of hydrogen-bond acceptors (Lipinski definition) is 2. The molecule has 0 aliphatic carbocycles. The van der Waals surface area contributed by atoms with Gasteiger partial charge in [-0.25, -0.2) is 0 Å². The largest absolute Gasteiger partial charge is 0.300 e. The second-order valence-electron chi connectivity index (χ2n) is 5.17. The summed E-state index contributed by atoms with van der Waals surface area (Å²) in [5.41, 5.74) is 0. The maximum Gasteiger partial charge on any atom is 0.132 e. The van der Waals surface area contributed by atoms with Gasteiger partial charge in [0.25, 0.3) is 0 Å². The maximum absolute atomic E-state index is 10.7. The molecule has 0 unspecified atom stereocenters. The van der Waals surface area contributed by atoms with Gasteiger partial charge in [0, 0.05) is 25.7 Å². The summed E-state index contributed by atoms with van der Waals surface area (Å²) in [6.07, 6.45) is 7.52. The molecule has 2 nitrogen and oxygen atoms in total. The molecule has 0 aromatic heterocycles. The second-order valence-corrected chi connectivity index (χ2v) is 5.17. The van der Waals surface area contributed by atoms with Gasteiger partial charge in [0.05, 0.1) is 0 Å². The molecule has 0 N–H and O–H groups in total. The highest BCUT2D eigenvalue weighted by Crippen LogP contribution is 2.04. The van der Waals surface area contributed by atoms with Crippen LogP contribution in [-0.4, -0.2) is 11.6 Å². The Bertz CT molecular complexity index is 207. The van der Waals surface area contributed by atoms with Gasteiger partial charge in [0.15, 0.2) is 0 Å². The summed E-state index contributed by atoms with van der Waals surface area (Å²) in [5.74, 6) is 1.47. The molecule has 108 valence electrons. The first-order valence-corrected chi connectivity index (χ1v) is 7.51. The molecule has 0 bridgehead atoms. The van der Waals surface area contributed by atoms with Gasteiger partial charge in [-0.15, -0.1) is 0 Å². The Balaban J connectivity index is 0. The topological polar surface area (TPSA) is 34.1 Å². The summed E-state index contributed by atoms with van der Waals surface area (Å²) in [7, 11) is 0. The molecule has 0 aromatic rings. The second kappa shape index (κ2) is 14.4. The van der Waals surface area contributed by atoms with Gasteiger partial charge in [-0.05, 0) is 18.8 Å². The van der Waals surface area contributed by atoms with Gasteiger partial charge in [0.2, 0.25) is 0 Å². The third-order valence-electron chi connectivity index (χ3n) is 2.85. The number of ketones is 2. The fraction of sp³-hybridized carbons (Fsp3) is 0.875. The number of hydrogen-bond donors (Lipinski definition) is 0. The van der Waals surface area contributed by atoms with Gasteiger partial charge < -0.3 is 0 Å². The highest BCUT2D eigenvalue weighted by molar-refractivity contribution is 5.78. The maximum atomic E-state index is 10.7. The highest BCUT2D eigenvalue weighted by atomic mass is 16.1. The molecule has 0 saturated carbocycles. The molecule has 0 heterocycles. The zero-order valence-electron chi connectivity index (χ0n) is 13.1. The SMILES string of the molecule is CCC(=O)CCC(C)C.CCCCCC(=O)CC. The van der Waals surface area contributed by atoms with Crippen LogP contribution in [0.2, 0.25) is 0 Å². The Hall–Kier alpha value is -0.660. The Kier molecular flexibility index (Phi) is 15.7. The van der Waals surface area contributed by atoms with Crippen molar-refractivity contribution in [1.29, 1.82) is 0 Å². The van der Waals surface area contributed by atoms with E-state index in [9.17, 15) is 9.59 Å². The summed E-state index contributed by atoms with van der Waals surface area (Å²) in [5, 5.41) is 0. The molecule has 0 radical (unpaired) electrons. The Morgan fingerprint density at radius 2 is 1.33 bits per heavy atom. The van der Waals surface area contributed by atoms with E-state index in [0.29, 0.717) is 30.3 Å².